The van der Waals surface area contributed by atoms with Crippen molar-refractivity contribution in [2.45, 2.75) is 25.4 Å². The summed E-state index contributed by atoms with van der Waals surface area (Å²) in [5, 5.41) is 10.5. The van der Waals surface area contributed by atoms with Crippen LogP contribution in [0.15, 0.2) is 78.3 Å². The van der Waals surface area contributed by atoms with Crippen LogP contribution < -0.4 is 10.2 Å². The van der Waals surface area contributed by atoms with Crippen LogP contribution in [-0.4, -0.2) is 38.1 Å². The van der Waals surface area contributed by atoms with Crippen LogP contribution in [0.4, 0.5) is 10.2 Å². The number of hydrogen-bond acceptors (Lipinski definition) is 6. The number of aryl methyl sites for hydroxylation is 1. The SMILES string of the molecule is Cc1cnc2ccc(N3CC(NC(=O)c4csc(-c5ccccc5)n4)C[C@@H]3c3cccc(F)c3)nn12. The molecule has 1 saturated heterocycles. The Morgan fingerprint density at radius 1 is 1.11 bits per heavy atom. The minimum atomic E-state index is -0.287. The Morgan fingerprint density at radius 3 is 2.81 bits per heavy atom. The van der Waals surface area contributed by atoms with Crippen molar-refractivity contribution in [2.24, 2.45) is 0 Å². The molecule has 9 heteroatoms. The largest absolute Gasteiger partial charge is 0.346 e. The van der Waals surface area contributed by atoms with E-state index in [1.165, 1.54) is 17.4 Å². The second kappa shape index (κ2) is 9.16. The summed E-state index contributed by atoms with van der Waals surface area (Å²) in [6, 6.07) is 20.0. The Morgan fingerprint density at radius 2 is 1.97 bits per heavy atom. The van der Waals surface area contributed by atoms with Crippen LogP contribution in [0.1, 0.15) is 34.2 Å². The zero-order valence-corrected chi connectivity index (χ0v) is 20.3. The van der Waals surface area contributed by atoms with Gasteiger partial charge in [0.15, 0.2) is 5.65 Å². The quantitative estimate of drug-likeness (QED) is 0.367. The Balaban J connectivity index is 1.27. The van der Waals surface area contributed by atoms with Crippen LogP contribution in [0.5, 0.6) is 0 Å². The molecule has 1 N–H and O–H groups in total. The maximum Gasteiger partial charge on any atom is 0.271 e. The molecule has 1 fully saturated rings. The zero-order chi connectivity index (χ0) is 24.6. The number of thiazole rings is 1. The second-order valence-electron chi connectivity index (χ2n) is 8.89. The zero-order valence-electron chi connectivity index (χ0n) is 19.5. The first-order valence-electron chi connectivity index (χ1n) is 11.7. The van der Waals surface area contributed by atoms with Gasteiger partial charge < -0.3 is 10.2 Å². The van der Waals surface area contributed by atoms with Gasteiger partial charge >= 0.3 is 0 Å². The van der Waals surface area contributed by atoms with Crippen LogP contribution in [-0.2, 0) is 0 Å². The van der Waals surface area contributed by atoms with Crippen molar-refractivity contribution in [3.8, 4) is 10.6 Å². The molecule has 5 aromatic rings. The van der Waals surface area contributed by atoms with E-state index in [1.54, 1.807) is 28.2 Å². The Hall–Kier alpha value is -4.11. The molecule has 36 heavy (non-hydrogen) atoms. The molecule has 6 rings (SSSR count). The van der Waals surface area contributed by atoms with Gasteiger partial charge in [0.05, 0.1) is 17.9 Å². The molecule has 3 aromatic heterocycles. The molecular formula is C27H23FN6OS. The van der Waals surface area contributed by atoms with E-state index >= 15 is 0 Å². The van der Waals surface area contributed by atoms with Gasteiger partial charge in [-0.1, -0.05) is 42.5 Å². The molecule has 1 amide bonds. The molecule has 7 nitrogen and oxygen atoms in total. The van der Waals surface area contributed by atoms with E-state index in [1.807, 2.05) is 55.5 Å². The van der Waals surface area contributed by atoms with E-state index < -0.39 is 0 Å². The fraction of sp³-hybridized carbons (Fsp3) is 0.185. The third-order valence-corrected chi connectivity index (χ3v) is 7.33. The number of carbonyl (C=O) groups is 1. The van der Waals surface area contributed by atoms with Gasteiger partial charge in [0.2, 0.25) is 0 Å². The summed E-state index contributed by atoms with van der Waals surface area (Å²) in [4.78, 5) is 24.1. The standard InChI is InChI=1S/C27H23FN6OS/c1-17-14-29-24-10-11-25(32-34(17)24)33-15-21(13-23(33)19-8-5-9-20(28)12-19)30-26(35)22-16-36-27(31-22)18-6-3-2-4-7-18/h2-12,14,16,21,23H,13,15H2,1H3,(H,30,35)/t21?,23-/m1/s1. The van der Waals surface area contributed by atoms with E-state index in [2.05, 4.69) is 20.2 Å². The summed E-state index contributed by atoms with van der Waals surface area (Å²) in [6.07, 6.45) is 2.40. The Labute approximate surface area is 211 Å². The first kappa shape index (κ1) is 22.4. The molecule has 180 valence electrons. The summed E-state index contributed by atoms with van der Waals surface area (Å²) < 4.78 is 15.9. The number of fused-ring (bicyclic) bond motifs is 1. The smallest absolute Gasteiger partial charge is 0.271 e. The van der Waals surface area contributed by atoms with Crippen LogP contribution in [0, 0.1) is 12.7 Å². The van der Waals surface area contributed by atoms with Gasteiger partial charge in [0, 0.05) is 23.5 Å². The first-order valence-corrected chi connectivity index (χ1v) is 12.6. The van der Waals surface area contributed by atoms with Gasteiger partial charge in [-0.05, 0) is 43.2 Å². The number of amides is 1. The van der Waals surface area contributed by atoms with Crippen LogP contribution in [0.2, 0.25) is 0 Å². The van der Waals surface area contributed by atoms with E-state index in [4.69, 9.17) is 5.10 Å². The number of aromatic nitrogens is 4. The van der Waals surface area contributed by atoms with Gasteiger partial charge in [-0.15, -0.1) is 16.4 Å². The third-order valence-electron chi connectivity index (χ3n) is 6.44. The number of imidazole rings is 1. The molecule has 1 aliphatic rings. The first-order chi connectivity index (χ1) is 17.5. The van der Waals surface area contributed by atoms with Gasteiger partial charge in [0.25, 0.3) is 5.91 Å². The number of nitrogens with one attached hydrogen (secondary N) is 1. The third kappa shape index (κ3) is 4.22. The highest BCUT2D eigenvalue weighted by Crippen LogP contribution is 2.36. The fourth-order valence-electron chi connectivity index (χ4n) is 4.71. The maximum absolute atomic E-state index is 14.1. The molecule has 4 heterocycles. The highest BCUT2D eigenvalue weighted by atomic mass is 32.1. The fourth-order valence-corrected chi connectivity index (χ4v) is 5.51. The summed E-state index contributed by atoms with van der Waals surface area (Å²) in [5.74, 6) is 0.242. The second-order valence-corrected chi connectivity index (χ2v) is 9.75. The molecule has 1 aliphatic heterocycles. The highest BCUT2D eigenvalue weighted by Gasteiger charge is 2.35. The minimum absolute atomic E-state index is 0.143. The van der Waals surface area contributed by atoms with E-state index in [-0.39, 0.29) is 23.8 Å². The summed E-state index contributed by atoms with van der Waals surface area (Å²) in [6.45, 7) is 2.49. The van der Waals surface area contributed by atoms with Gasteiger partial charge in [-0.25, -0.2) is 18.9 Å². The van der Waals surface area contributed by atoms with E-state index in [9.17, 15) is 9.18 Å². The normalized spacial score (nSPS) is 17.6. The van der Waals surface area contributed by atoms with Crippen molar-refractivity contribution in [2.75, 3.05) is 11.4 Å². The number of rotatable bonds is 5. The van der Waals surface area contributed by atoms with Crippen molar-refractivity contribution in [3.63, 3.8) is 0 Å². The predicted molar refractivity (Wildman–Crippen MR) is 138 cm³/mol. The van der Waals surface area contributed by atoms with Crippen molar-refractivity contribution >= 4 is 28.7 Å². The van der Waals surface area contributed by atoms with Gasteiger partial charge in [-0.3, -0.25) is 4.79 Å². The van der Waals surface area contributed by atoms with E-state index in [0.717, 1.165) is 33.3 Å². The molecule has 2 atom stereocenters. The van der Waals surface area contributed by atoms with Crippen molar-refractivity contribution < 1.29 is 9.18 Å². The maximum atomic E-state index is 14.1. The molecule has 0 saturated carbocycles. The summed E-state index contributed by atoms with van der Waals surface area (Å²) >= 11 is 1.45. The van der Waals surface area contributed by atoms with Crippen LogP contribution in [0.3, 0.4) is 0 Å². The lowest BCUT2D eigenvalue weighted by Gasteiger charge is -2.26. The minimum Gasteiger partial charge on any atom is -0.346 e. The lowest BCUT2D eigenvalue weighted by Crippen LogP contribution is -2.37. The molecule has 0 aliphatic carbocycles. The highest BCUT2D eigenvalue weighted by molar-refractivity contribution is 7.13. The lowest BCUT2D eigenvalue weighted by molar-refractivity contribution is 0.0935. The van der Waals surface area contributed by atoms with Crippen molar-refractivity contribution in [1.29, 1.82) is 0 Å². The van der Waals surface area contributed by atoms with Crippen molar-refractivity contribution in [1.82, 2.24) is 24.9 Å². The number of carbonyl (C=O) groups excluding carboxylic acids is 1. The average molecular weight is 499 g/mol. The molecule has 0 spiro atoms. The lowest BCUT2D eigenvalue weighted by atomic mass is 10.0. The van der Waals surface area contributed by atoms with Gasteiger partial charge in [0.1, 0.15) is 22.3 Å². The number of anilines is 1. The number of halogens is 1. The topological polar surface area (TPSA) is 75.4 Å². The molecule has 0 radical (unpaired) electrons. The molecule has 2 aromatic carbocycles. The number of hydrogen-bond donors (Lipinski definition) is 1. The van der Waals surface area contributed by atoms with Crippen molar-refractivity contribution in [3.05, 3.63) is 101 Å². The average Bonchev–Trinajstić information content (AvgIpc) is 3.64. The van der Waals surface area contributed by atoms with E-state index in [0.29, 0.717) is 18.7 Å². The Bertz CT molecular complexity index is 1550. The molecule has 0 bridgehead atoms. The number of benzene rings is 2. The summed E-state index contributed by atoms with van der Waals surface area (Å²) in [7, 11) is 0. The van der Waals surface area contributed by atoms with Gasteiger partial charge in [-0.2, -0.15) is 0 Å². The number of nitrogens with zero attached hydrogens (tertiary/aromatic N) is 5. The summed E-state index contributed by atoms with van der Waals surface area (Å²) in [5.41, 5.74) is 3.91. The van der Waals surface area contributed by atoms with Crippen LogP contribution in [0.25, 0.3) is 16.2 Å². The molecular weight excluding hydrogens is 475 g/mol. The van der Waals surface area contributed by atoms with Crippen LogP contribution >= 0.6 is 11.3 Å². The predicted octanol–water partition coefficient (Wildman–Crippen LogP) is 5.05. The monoisotopic (exact) mass is 498 g/mol. The molecule has 1 unspecified atom stereocenters. The Kier molecular flexibility index (Phi) is 5.69.